The first-order chi connectivity index (χ1) is 12.1. The zero-order chi connectivity index (χ0) is 19.4. The highest BCUT2D eigenvalue weighted by molar-refractivity contribution is 7.90. The summed E-state index contributed by atoms with van der Waals surface area (Å²) >= 11 is 0. The predicted molar refractivity (Wildman–Crippen MR) is 95.2 cm³/mol. The fourth-order valence-electron chi connectivity index (χ4n) is 3.57. The summed E-state index contributed by atoms with van der Waals surface area (Å²) in [6.45, 7) is 3.43. The molecule has 1 heterocycles. The standard InChI is InChI=1S/C16H29F3N4O2S/c1-3-15(7-4-8-15)12-22-14(20-2)21-11-13-5-9-23(10-6-13)26(24,25)16(17,18)19/h13H,3-12H2,1-2H3,(H2,20,21,22). The van der Waals surface area contributed by atoms with Crippen molar-refractivity contribution in [3.8, 4) is 0 Å². The fourth-order valence-corrected chi connectivity index (χ4v) is 4.55. The van der Waals surface area contributed by atoms with Crippen LogP contribution in [0.15, 0.2) is 4.99 Å². The first-order valence-electron chi connectivity index (χ1n) is 9.14. The molecule has 1 aliphatic carbocycles. The lowest BCUT2D eigenvalue weighted by Crippen LogP contribution is -2.49. The van der Waals surface area contributed by atoms with Crippen molar-refractivity contribution in [1.82, 2.24) is 14.9 Å². The molecular weight excluding hydrogens is 369 g/mol. The summed E-state index contributed by atoms with van der Waals surface area (Å²) in [6.07, 6.45) is 5.64. The van der Waals surface area contributed by atoms with E-state index in [0.29, 0.717) is 35.1 Å². The summed E-state index contributed by atoms with van der Waals surface area (Å²) in [5.41, 5.74) is -4.87. The smallest absolute Gasteiger partial charge is 0.356 e. The molecule has 10 heteroatoms. The third-order valence-electron chi connectivity index (χ3n) is 5.78. The Morgan fingerprint density at radius 2 is 1.85 bits per heavy atom. The van der Waals surface area contributed by atoms with Gasteiger partial charge in [-0.25, -0.2) is 8.42 Å². The number of nitrogens with zero attached hydrogens (tertiary/aromatic N) is 2. The molecule has 2 rings (SSSR count). The van der Waals surface area contributed by atoms with Gasteiger partial charge in [-0.1, -0.05) is 13.3 Å². The Morgan fingerprint density at radius 3 is 2.27 bits per heavy atom. The highest BCUT2D eigenvalue weighted by Crippen LogP contribution is 2.43. The van der Waals surface area contributed by atoms with Crippen LogP contribution in [0.5, 0.6) is 0 Å². The SMILES string of the molecule is CCC1(CNC(=NC)NCC2CCN(S(=O)(=O)C(F)(F)F)CC2)CCC1. The molecule has 0 bridgehead atoms. The highest BCUT2D eigenvalue weighted by atomic mass is 32.2. The van der Waals surface area contributed by atoms with Crippen molar-refractivity contribution >= 4 is 16.0 Å². The Kier molecular flexibility index (Phi) is 6.81. The maximum absolute atomic E-state index is 12.6. The van der Waals surface area contributed by atoms with Gasteiger partial charge in [0.15, 0.2) is 5.96 Å². The van der Waals surface area contributed by atoms with Crippen LogP contribution in [0.4, 0.5) is 13.2 Å². The number of aliphatic imine (C=N–C) groups is 1. The Balaban J connectivity index is 1.75. The molecule has 152 valence electrons. The van der Waals surface area contributed by atoms with Crippen LogP contribution >= 0.6 is 0 Å². The molecule has 2 aliphatic rings. The number of rotatable bonds is 6. The average molecular weight is 398 g/mol. The Bertz CT molecular complexity index is 590. The van der Waals surface area contributed by atoms with Crippen LogP contribution in [0.3, 0.4) is 0 Å². The van der Waals surface area contributed by atoms with Crippen molar-refractivity contribution in [3.63, 3.8) is 0 Å². The molecule has 0 unspecified atom stereocenters. The third kappa shape index (κ3) is 4.82. The molecule has 0 atom stereocenters. The zero-order valence-electron chi connectivity index (χ0n) is 15.4. The molecule has 0 spiro atoms. The summed E-state index contributed by atoms with van der Waals surface area (Å²) in [6, 6.07) is 0. The molecule has 26 heavy (non-hydrogen) atoms. The van der Waals surface area contributed by atoms with Crippen molar-refractivity contribution < 1.29 is 21.6 Å². The molecular formula is C16H29F3N4O2S. The van der Waals surface area contributed by atoms with Crippen LogP contribution in [0, 0.1) is 11.3 Å². The molecule has 1 aliphatic heterocycles. The van der Waals surface area contributed by atoms with Crippen molar-refractivity contribution in [2.24, 2.45) is 16.3 Å². The maximum atomic E-state index is 12.6. The van der Waals surface area contributed by atoms with E-state index in [9.17, 15) is 21.6 Å². The molecule has 2 N–H and O–H groups in total. The van der Waals surface area contributed by atoms with Gasteiger partial charge < -0.3 is 10.6 Å². The minimum absolute atomic E-state index is 0.0981. The Morgan fingerprint density at radius 1 is 1.23 bits per heavy atom. The van der Waals surface area contributed by atoms with E-state index in [4.69, 9.17) is 0 Å². The lowest BCUT2D eigenvalue weighted by atomic mass is 9.67. The van der Waals surface area contributed by atoms with Gasteiger partial charge in [0, 0.05) is 33.2 Å². The van der Waals surface area contributed by atoms with Crippen LogP contribution in [0.1, 0.15) is 45.4 Å². The Labute approximate surface area is 153 Å². The van der Waals surface area contributed by atoms with Gasteiger partial charge in [-0.05, 0) is 43.4 Å². The van der Waals surface area contributed by atoms with Gasteiger partial charge in [-0.3, -0.25) is 4.99 Å². The summed E-state index contributed by atoms with van der Waals surface area (Å²) in [4.78, 5) is 4.19. The minimum atomic E-state index is -5.22. The second-order valence-corrected chi connectivity index (χ2v) is 9.24. The molecule has 1 saturated carbocycles. The van der Waals surface area contributed by atoms with Gasteiger partial charge >= 0.3 is 15.5 Å². The number of halogens is 3. The molecule has 0 amide bonds. The van der Waals surface area contributed by atoms with Crippen molar-refractivity contribution in [2.45, 2.75) is 51.0 Å². The van der Waals surface area contributed by atoms with Crippen LogP contribution in [-0.2, 0) is 10.0 Å². The molecule has 2 fully saturated rings. The van der Waals surface area contributed by atoms with E-state index >= 15 is 0 Å². The van der Waals surface area contributed by atoms with Gasteiger partial charge in [0.25, 0.3) is 0 Å². The van der Waals surface area contributed by atoms with Crippen LogP contribution in [0.25, 0.3) is 0 Å². The topological polar surface area (TPSA) is 73.8 Å². The normalized spacial score (nSPS) is 22.7. The molecule has 0 aromatic heterocycles. The minimum Gasteiger partial charge on any atom is -0.356 e. The van der Waals surface area contributed by atoms with E-state index in [-0.39, 0.29) is 19.0 Å². The van der Waals surface area contributed by atoms with E-state index in [1.165, 1.54) is 19.3 Å². The van der Waals surface area contributed by atoms with E-state index in [2.05, 4.69) is 22.5 Å². The summed E-state index contributed by atoms with van der Waals surface area (Å²) in [5, 5.41) is 6.56. The monoisotopic (exact) mass is 398 g/mol. The van der Waals surface area contributed by atoms with Gasteiger partial charge in [0.2, 0.25) is 0 Å². The number of piperidine rings is 1. The molecule has 0 aromatic carbocycles. The van der Waals surface area contributed by atoms with E-state index in [1.807, 2.05) is 0 Å². The predicted octanol–water partition coefficient (Wildman–Crippen LogP) is 2.29. The van der Waals surface area contributed by atoms with Gasteiger partial charge in [0.1, 0.15) is 0 Å². The number of hydrogen-bond donors (Lipinski definition) is 2. The first-order valence-corrected chi connectivity index (χ1v) is 10.6. The Hall–Kier alpha value is -1.03. The third-order valence-corrected chi connectivity index (χ3v) is 7.41. The molecule has 0 radical (unpaired) electrons. The molecule has 6 nitrogen and oxygen atoms in total. The van der Waals surface area contributed by atoms with Gasteiger partial charge in [-0.15, -0.1) is 0 Å². The highest BCUT2D eigenvalue weighted by Gasteiger charge is 2.50. The number of sulfonamides is 1. The lowest BCUT2D eigenvalue weighted by molar-refractivity contribution is -0.0496. The van der Waals surface area contributed by atoms with Gasteiger partial charge in [0.05, 0.1) is 0 Å². The fraction of sp³-hybridized carbons (Fsp3) is 0.938. The van der Waals surface area contributed by atoms with E-state index in [1.54, 1.807) is 7.05 Å². The quantitative estimate of drug-likeness (QED) is 0.532. The molecule has 1 saturated heterocycles. The van der Waals surface area contributed by atoms with Crippen LogP contribution in [-0.4, -0.2) is 57.4 Å². The average Bonchev–Trinajstić information content (AvgIpc) is 2.56. The number of hydrogen-bond acceptors (Lipinski definition) is 3. The van der Waals surface area contributed by atoms with Crippen molar-refractivity contribution in [1.29, 1.82) is 0 Å². The first kappa shape index (κ1) is 21.3. The number of alkyl halides is 3. The van der Waals surface area contributed by atoms with Crippen LogP contribution in [0.2, 0.25) is 0 Å². The van der Waals surface area contributed by atoms with Crippen molar-refractivity contribution in [3.05, 3.63) is 0 Å². The largest absolute Gasteiger partial charge is 0.511 e. The summed E-state index contributed by atoms with van der Waals surface area (Å²) in [7, 11) is -3.52. The van der Waals surface area contributed by atoms with E-state index in [0.717, 1.165) is 13.0 Å². The maximum Gasteiger partial charge on any atom is 0.511 e. The summed E-state index contributed by atoms with van der Waals surface area (Å²) in [5.74, 6) is 0.812. The molecule has 0 aromatic rings. The zero-order valence-corrected chi connectivity index (χ0v) is 16.2. The second kappa shape index (κ2) is 8.33. The van der Waals surface area contributed by atoms with E-state index < -0.39 is 15.5 Å². The van der Waals surface area contributed by atoms with Crippen LogP contribution < -0.4 is 10.6 Å². The van der Waals surface area contributed by atoms with Crippen molar-refractivity contribution in [2.75, 3.05) is 33.2 Å². The second-order valence-electron chi connectivity index (χ2n) is 7.31. The summed E-state index contributed by atoms with van der Waals surface area (Å²) < 4.78 is 61.2. The van der Waals surface area contributed by atoms with Gasteiger partial charge in [-0.2, -0.15) is 17.5 Å². The number of nitrogens with one attached hydrogen (secondary N) is 2. The lowest BCUT2D eigenvalue weighted by Gasteiger charge is -2.41. The number of guanidine groups is 1.